The summed E-state index contributed by atoms with van der Waals surface area (Å²) < 4.78 is 16.5. The molecule has 0 N–H and O–H groups in total. The third-order valence-electron chi connectivity index (χ3n) is 4.94. The van der Waals surface area contributed by atoms with Crippen molar-refractivity contribution in [3.8, 4) is 5.75 Å². The van der Waals surface area contributed by atoms with Gasteiger partial charge in [-0.1, -0.05) is 60.7 Å². The van der Waals surface area contributed by atoms with Gasteiger partial charge in [0.2, 0.25) is 0 Å². The number of esters is 1. The van der Waals surface area contributed by atoms with Crippen LogP contribution in [0.1, 0.15) is 34.0 Å². The van der Waals surface area contributed by atoms with E-state index in [1.54, 1.807) is 13.0 Å². The molecule has 0 saturated heterocycles. The third-order valence-corrected chi connectivity index (χ3v) is 4.94. The summed E-state index contributed by atoms with van der Waals surface area (Å²) in [5.74, 6) is -0.0949. The van der Waals surface area contributed by atoms with Gasteiger partial charge in [0, 0.05) is 11.5 Å². The molecule has 5 heteroatoms. The van der Waals surface area contributed by atoms with Crippen LogP contribution < -0.4 is 10.4 Å². The molecule has 0 bridgehead atoms. The average molecular weight is 414 g/mol. The van der Waals surface area contributed by atoms with E-state index in [0.29, 0.717) is 35.3 Å². The smallest absolute Gasteiger partial charge is 0.351 e. The van der Waals surface area contributed by atoms with E-state index < -0.39 is 11.6 Å². The lowest BCUT2D eigenvalue weighted by atomic mass is 9.97. The Labute approximate surface area is 179 Å². The Morgan fingerprint density at radius 3 is 2.26 bits per heavy atom. The molecule has 0 aliphatic rings. The summed E-state index contributed by atoms with van der Waals surface area (Å²) in [6, 6.07) is 24.8. The second-order valence-corrected chi connectivity index (χ2v) is 7.06. The minimum atomic E-state index is -0.711. The van der Waals surface area contributed by atoms with Gasteiger partial charge in [0.15, 0.2) is 0 Å². The van der Waals surface area contributed by atoms with Crippen LogP contribution in [-0.4, -0.2) is 12.6 Å². The first-order chi connectivity index (χ1) is 15.2. The van der Waals surface area contributed by atoms with Crippen LogP contribution in [0.25, 0.3) is 11.0 Å². The van der Waals surface area contributed by atoms with E-state index in [0.717, 1.165) is 11.1 Å². The summed E-state index contributed by atoms with van der Waals surface area (Å²) in [6.07, 6.45) is 0.404. The molecule has 4 rings (SSSR count). The molecule has 0 saturated carbocycles. The van der Waals surface area contributed by atoms with Crippen LogP contribution in [0.5, 0.6) is 5.75 Å². The maximum Gasteiger partial charge on any atom is 0.351 e. The van der Waals surface area contributed by atoms with Crippen LogP contribution in [0.2, 0.25) is 0 Å². The molecule has 1 heterocycles. The van der Waals surface area contributed by atoms with Gasteiger partial charge in [-0.15, -0.1) is 0 Å². The molecule has 0 aliphatic heterocycles. The van der Waals surface area contributed by atoms with Gasteiger partial charge in [-0.05, 0) is 42.2 Å². The van der Waals surface area contributed by atoms with Gasteiger partial charge in [0.25, 0.3) is 0 Å². The molecule has 156 valence electrons. The van der Waals surface area contributed by atoms with E-state index in [1.807, 2.05) is 72.8 Å². The van der Waals surface area contributed by atoms with Gasteiger partial charge in [0.05, 0.1) is 6.61 Å². The van der Waals surface area contributed by atoms with E-state index in [2.05, 4.69) is 0 Å². The van der Waals surface area contributed by atoms with Gasteiger partial charge >= 0.3 is 11.6 Å². The Bertz CT molecular complexity index is 1240. The second kappa shape index (κ2) is 9.30. The lowest BCUT2D eigenvalue weighted by Crippen LogP contribution is -2.20. The highest BCUT2D eigenvalue weighted by molar-refractivity contribution is 5.96. The van der Waals surface area contributed by atoms with Gasteiger partial charge in [0.1, 0.15) is 23.5 Å². The molecule has 0 fully saturated rings. The monoisotopic (exact) mass is 414 g/mol. The number of benzene rings is 3. The fraction of sp³-hybridized carbons (Fsp3) is 0.154. The van der Waals surface area contributed by atoms with Crippen molar-refractivity contribution in [3.63, 3.8) is 0 Å². The Morgan fingerprint density at radius 1 is 0.903 bits per heavy atom. The summed E-state index contributed by atoms with van der Waals surface area (Å²) in [5, 5.41) is 0.679. The number of carbonyl (C=O) groups excluding carboxylic acids is 1. The predicted octanol–water partition coefficient (Wildman–Crippen LogP) is 5.14. The predicted molar refractivity (Wildman–Crippen MR) is 118 cm³/mol. The number of rotatable bonds is 7. The zero-order chi connectivity index (χ0) is 21.6. The molecule has 31 heavy (non-hydrogen) atoms. The SMILES string of the molecule is CCOC(=O)c1c(Cc2ccccc2)c2ccc(OCc3ccccc3)cc2oc1=O. The normalized spacial score (nSPS) is 10.7. The Kier molecular flexibility index (Phi) is 6.13. The fourth-order valence-corrected chi connectivity index (χ4v) is 3.47. The van der Waals surface area contributed by atoms with Crippen LogP contribution in [0.4, 0.5) is 0 Å². The molecule has 4 aromatic rings. The molecule has 0 aliphatic carbocycles. The van der Waals surface area contributed by atoms with Gasteiger partial charge < -0.3 is 13.9 Å². The van der Waals surface area contributed by atoms with E-state index in [9.17, 15) is 9.59 Å². The van der Waals surface area contributed by atoms with Crippen LogP contribution in [0, 0.1) is 0 Å². The minimum absolute atomic E-state index is 0.0591. The molecular formula is C26H22O5. The van der Waals surface area contributed by atoms with E-state index in [1.165, 1.54) is 0 Å². The highest BCUT2D eigenvalue weighted by Crippen LogP contribution is 2.27. The molecule has 0 radical (unpaired) electrons. The molecule has 3 aromatic carbocycles. The van der Waals surface area contributed by atoms with Crippen molar-refractivity contribution >= 4 is 16.9 Å². The van der Waals surface area contributed by atoms with Crippen LogP contribution in [-0.2, 0) is 17.8 Å². The maximum absolute atomic E-state index is 12.7. The molecule has 0 unspecified atom stereocenters. The summed E-state index contributed by atoms with van der Waals surface area (Å²) in [5.41, 5.74) is 2.20. The van der Waals surface area contributed by atoms with E-state index in [-0.39, 0.29) is 12.2 Å². The lowest BCUT2D eigenvalue weighted by molar-refractivity contribution is 0.0520. The molecule has 1 aromatic heterocycles. The Morgan fingerprint density at radius 2 is 1.58 bits per heavy atom. The zero-order valence-corrected chi connectivity index (χ0v) is 17.2. The van der Waals surface area contributed by atoms with Crippen molar-refractivity contribution in [1.29, 1.82) is 0 Å². The molecule has 0 amide bonds. The van der Waals surface area contributed by atoms with Crippen molar-refractivity contribution in [2.45, 2.75) is 20.0 Å². The lowest BCUT2D eigenvalue weighted by Gasteiger charge is -2.12. The molecular weight excluding hydrogens is 392 g/mol. The first kappa shape index (κ1) is 20.4. The minimum Gasteiger partial charge on any atom is -0.489 e. The van der Waals surface area contributed by atoms with Crippen molar-refractivity contribution in [2.24, 2.45) is 0 Å². The molecule has 5 nitrogen and oxygen atoms in total. The first-order valence-electron chi connectivity index (χ1n) is 10.1. The van der Waals surface area contributed by atoms with Gasteiger partial charge in [-0.3, -0.25) is 0 Å². The van der Waals surface area contributed by atoms with Crippen LogP contribution in [0.3, 0.4) is 0 Å². The van der Waals surface area contributed by atoms with Gasteiger partial charge in [-0.25, -0.2) is 9.59 Å². The molecule has 0 spiro atoms. The van der Waals surface area contributed by atoms with Crippen molar-refractivity contribution in [3.05, 3.63) is 112 Å². The van der Waals surface area contributed by atoms with Crippen molar-refractivity contribution < 1.29 is 18.7 Å². The number of fused-ring (bicyclic) bond motifs is 1. The highest BCUT2D eigenvalue weighted by atomic mass is 16.5. The quantitative estimate of drug-likeness (QED) is 0.309. The second-order valence-electron chi connectivity index (χ2n) is 7.06. The Hall–Kier alpha value is -3.86. The largest absolute Gasteiger partial charge is 0.489 e. The number of hydrogen-bond donors (Lipinski definition) is 0. The maximum atomic E-state index is 12.7. The van der Waals surface area contributed by atoms with Gasteiger partial charge in [-0.2, -0.15) is 0 Å². The highest BCUT2D eigenvalue weighted by Gasteiger charge is 2.22. The zero-order valence-electron chi connectivity index (χ0n) is 17.2. The summed E-state index contributed by atoms with van der Waals surface area (Å²) in [4.78, 5) is 25.3. The standard InChI is InChI=1S/C26H22O5/c1-2-29-25(27)24-22(15-18-9-5-3-6-10-18)21-14-13-20(16-23(21)31-26(24)28)30-17-19-11-7-4-8-12-19/h3-14,16H,2,15,17H2,1H3. The number of ether oxygens (including phenoxy) is 2. The Balaban J connectivity index is 1.75. The third kappa shape index (κ3) is 4.67. The fourth-order valence-electron chi connectivity index (χ4n) is 3.47. The average Bonchev–Trinajstić information content (AvgIpc) is 2.79. The van der Waals surface area contributed by atoms with Crippen molar-refractivity contribution in [1.82, 2.24) is 0 Å². The summed E-state index contributed by atoms with van der Waals surface area (Å²) in [7, 11) is 0. The van der Waals surface area contributed by atoms with Crippen LogP contribution in [0.15, 0.2) is 88.1 Å². The first-order valence-corrected chi connectivity index (χ1v) is 10.1. The van der Waals surface area contributed by atoms with E-state index >= 15 is 0 Å². The number of carbonyl (C=O) groups is 1. The topological polar surface area (TPSA) is 65.7 Å². The number of hydrogen-bond acceptors (Lipinski definition) is 5. The van der Waals surface area contributed by atoms with E-state index in [4.69, 9.17) is 13.9 Å². The van der Waals surface area contributed by atoms with Crippen molar-refractivity contribution in [2.75, 3.05) is 6.61 Å². The summed E-state index contributed by atoms with van der Waals surface area (Å²) >= 11 is 0. The summed E-state index contributed by atoms with van der Waals surface area (Å²) in [6.45, 7) is 2.27. The van der Waals surface area contributed by atoms with Crippen LogP contribution >= 0.6 is 0 Å². The molecule has 0 atom stereocenters.